The van der Waals surface area contributed by atoms with Crippen molar-refractivity contribution in [1.29, 1.82) is 0 Å². The van der Waals surface area contributed by atoms with Crippen molar-refractivity contribution in [2.75, 3.05) is 18.5 Å². The highest BCUT2D eigenvalue weighted by Gasteiger charge is 2.15. The Morgan fingerprint density at radius 3 is 3.24 bits per heavy atom. The number of aromatic amines is 1. The van der Waals surface area contributed by atoms with Crippen LogP contribution in [-0.4, -0.2) is 29.2 Å². The zero-order valence-corrected chi connectivity index (χ0v) is 10.2. The lowest BCUT2D eigenvalue weighted by Gasteiger charge is -2.11. The SMILES string of the molecule is CCCc1cc(=O)[nH]c(NC[C@H]2CCCO2)n1. The topological polar surface area (TPSA) is 67.0 Å². The minimum atomic E-state index is -0.0988. The van der Waals surface area contributed by atoms with Gasteiger partial charge in [0.15, 0.2) is 0 Å². The highest BCUT2D eigenvalue weighted by Crippen LogP contribution is 2.12. The number of hydrogen-bond acceptors (Lipinski definition) is 4. The molecule has 0 aliphatic carbocycles. The molecule has 17 heavy (non-hydrogen) atoms. The maximum Gasteiger partial charge on any atom is 0.252 e. The highest BCUT2D eigenvalue weighted by molar-refractivity contribution is 5.25. The summed E-state index contributed by atoms with van der Waals surface area (Å²) in [6, 6.07) is 1.56. The molecule has 94 valence electrons. The standard InChI is InChI=1S/C12H19N3O2/c1-2-4-9-7-11(16)15-12(14-9)13-8-10-5-3-6-17-10/h7,10H,2-6,8H2,1H3,(H2,13,14,15,16)/t10-/m1/s1. The van der Waals surface area contributed by atoms with Gasteiger partial charge in [-0.25, -0.2) is 4.98 Å². The van der Waals surface area contributed by atoms with Crippen LogP contribution in [0.1, 0.15) is 31.9 Å². The van der Waals surface area contributed by atoms with Crippen LogP contribution in [0.15, 0.2) is 10.9 Å². The second-order valence-electron chi connectivity index (χ2n) is 4.35. The van der Waals surface area contributed by atoms with E-state index in [4.69, 9.17) is 4.74 Å². The van der Waals surface area contributed by atoms with E-state index < -0.39 is 0 Å². The van der Waals surface area contributed by atoms with E-state index in [0.29, 0.717) is 12.5 Å². The fraction of sp³-hybridized carbons (Fsp3) is 0.667. The molecule has 0 bridgehead atoms. The zero-order valence-electron chi connectivity index (χ0n) is 10.2. The number of aromatic nitrogens is 2. The highest BCUT2D eigenvalue weighted by atomic mass is 16.5. The third kappa shape index (κ3) is 3.56. The average Bonchev–Trinajstić information content (AvgIpc) is 2.79. The van der Waals surface area contributed by atoms with Gasteiger partial charge in [-0.1, -0.05) is 13.3 Å². The Kier molecular flexibility index (Phi) is 4.14. The van der Waals surface area contributed by atoms with Gasteiger partial charge in [0.2, 0.25) is 5.95 Å². The van der Waals surface area contributed by atoms with Gasteiger partial charge in [0, 0.05) is 24.9 Å². The van der Waals surface area contributed by atoms with Crippen LogP contribution in [-0.2, 0) is 11.2 Å². The monoisotopic (exact) mass is 237 g/mol. The third-order valence-corrected chi connectivity index (χ3v) is 2.82. The third-order valence-electron chi connectivity index (χ3n) is 2.82. The molecule has 5 nitrogen and oxygen atoms in total. The van der Waals surface area contributed by atoms with Crippen LogP contribution >= 0.6 is 0 Å². The smallest absolute Gasteiger partial charge is 0.252 e. The van der Waals surface area contributed by atoms with E-state index in [0.717, 1.165) is 38.0 Å². The van der Waals surface area contributed by atoms with Crippen LogP contribution in [0.25, 0.3) is 0 Å². The molecule has 0 aromatic carbocycles. The number of hydrogen-bond donors (Lipinski definition) is 2. The molecular formula is C12H19N3O2. The quantitative estimate of drug-likeness (QED) is 0.810. The molecule has 1 atom stereocenters. The molecule has 2 heterocycles. The van der Waals surface area contributed by atoms with Gasteiger partial charge in [-0.05, 0) is 19.3 Å². The van der Waals surface area contributed by atoms with Crippen molar-refractivity contribution in [1.82, 2.24) is 9.97 Å². The second-order valence-corrected chi connectivity index (χ2v) is 4.35. The number of aryl methyl sites for hydroxylation is 1. The van der Waals surface area contributed by atoms with Crippen molar-refractivity contribution in [3.05, 3.63) is 22.1 Å². The van der Waals surface area contributed by atoms with Crippen LogP contribution < -0.4 is 10.9 Å². The lowest BCUT2D eigenvalue weighted by Crippen LogP contribution is -2.22. The van der Waals surface area contributed by atoms with Crippen molar-refractivity contribution in [3.8, 4) is 0 Å². The minimum Gasteiger partial charge on any atom is -0.376 e. The zero-order chi connectivity index (χ0) is 12.1. The molecule has 1 aliphatic rings. The largest absolute Gasteiger partial charge is 0.376 e. The summed E-state index contributed by atoms with van der Waals surface area (Å²) in [5.74, 6) is 0.552. The fourth-order valence-corrected chi connectivity index (χ4v) is 1.99. The number of ether oxygens (including phenoxy) is 1. The lowest BCUT2D eigenvalue weighted by molar-refractivity contribution is 0.120. The average molecular weight is 237 g/mol. The summed E-state index contributed by atoms with van der Waals surface area (Å²) in [6.45, 7) is 3.62. The van der Waals surface area contributed by atoms with E-state index in [9.17, 15) is 4.79 Å². The van der Waals surface area contributed by atoms with Crippen LogP contribution in [0.4, 0.5) is 5.95 Å². The summed E-state index contributed by atoms with van der Waals surface area (Å²) >= 11 is 0. The summed E-state index contributed by atoms with van der Waals surface area (Å²) in [5.41, 5.74) is 0.740. The molecule has 2 rings (SSSR count). The van der Waals surface area contributed by atoms with E-state index in [1.54, 1.807) is 6.07 Å². The Bertz CT molecular complexity index is 410. The van der Waals surface area contributed by atoms with Gasteiger partial charge in [0.25, 0.3) is 5.56 Å². The summed E-state index contributed by atoms with van der Waals surface area (Å²) in [7, 11) is 0. The first-order valence-electron chi connectivity index (χ1n) is 6.23. The Morgan fingerprint density at radius 1 is 1.65 bits per heavy atom. The van der Waals surface area contributed by atoms with Gasteiger partial charge in [0.05, 0.1) is 6.10 Å². The van der Waals surface area contributed by atoms with Crippen molar-refractivity contribution in [2.45, 2.75) is 38.7 Å². The van der Waals surface area contributed by atoms with Crippen molar-refractivity contribution in [2.24, 2.45) is 0 Å². The van der Waals surface area contributed by atoms with Crippen LogP contribution in [0, 0.1) is 0 Å². The first-order chi connectivity index (χ1) is 8.28. The first-order valence-corrected chi connectivity index (χ1v) is 6.23. The Morgan fingerprint density at radius 2 is 2.53 bits per heavy atom. The fourth-order valence-electron chi connectivity index (χ4n) is 1.99. The van der Waals surface area contributed by atoms with Gasteiger partial charge < -0.3 is 10.1 Å². The molecule has 0 spiro atoms. The van der Waals surface area contributed by atoms with E-state index in [2.05, 4.69) is 22.2 Å². The molecule has 1 aliphatic heterocycles. The van der Waals surface area contributed by atoms with Crippen molar-refractivity contribution >= 4 is 5.95 Å². The van der Waals surface area contributed by atoms with E-state index >= 15 is 0 Å². The number of rotatable bonds is 5. The molecule has 0 radical (unpaired) electrons. The number of nitrogens with one attached hydrogen (secondary N) is 2. The Balaban J connectivity index is 1.96. The summed E-state index contributed by atoms with van der Waals surface area (Å²) < 4.78 is 5.50. The molecule has 0 unspecified atom stereocenters. The molecule has 0 saturated carbocycles. The normalized spacial score (nSPS) is 19.5. The molecule has 1 aromatic heterocycles. The van der Waals surface area contributed by atoms with Gasteiger partial charge >= 0.3 is 0 Å². The second kappa shape index (κ2) is 5.82. The molecule has 0 amide bonds. The van der Waals surface area contributed by atoms with Crippen LogP contribution in [0.3, 0.4) is 0 Å². The van der Waals surface area contributed by atoms with Gasteiger partial charge in [-0.2, -0.15) is 0 Å². The van der Waals surface area contributed by atoms with E-state index in [1.807, 2.05) is 0 Å². The Hall–Kier alpha value is -1.36. The Labute approximate surface area is 101 Å². The summed E-state index contributed by atoms with van der Waals surface area (Å²) in [4.78, 5) is 18.5. The summed E-state index contributed by atoms with van der Waals surface area (Å²) in [6.07, 6.45) is 4.26. The number of anilines is 1. The molecule has 1 saturated heterocycles. The van der Waals surface area contributed by atoms with Gasteiger partial charge in [-0.3, -0.25) is 9.78 Å². The summed E-state index contributed by atoms with van der Waals surface area (Å²) in [5, 5.41) is 3.13. The molecule has 2 N–H and O–H groups in total. The van der Waals surface area contributed by atoms with Crippen LogP contribution in [0.5, 0.6) is 0 Å². The van der Waals surface area contributed by atoms with E-state index in [-0.39, 0.29) is 11.7 Å². The van der Waals surface area contributed by atoms with Gasteiger partial charge in [-0.15, -0.1) is 0 Å². The molecule has 1 fully saturated rings. The molecular weight excluding hydrogens is 218 g/mol. The van der Waals surface area contributed by atoms with E-state index in [1.165, 1.54) is 0 Å². The maximum atomic E-state index is 11.4. The first kappa shape index (κ1) is 12.1. The maximum absolute atomic E-state index is 11.4. The van der Waals surface area contributed by atoms with Crippen molar-refractivity contribution < 1.29 is 4.74 Å². The van der Waals surface area contributed by atoms with Crippen molar-refractivity contribution in [3.63, 3.8) is 0 Å². The van der Waals surface area contributed by atoms with Crippen LogP contribution in [0.2, 0.25) is 0 Å². The van der Waals surface area contributed by atoms with Gasteiger partial charge in [0.1, 0.15) is 0 Å². The number of nitrogens with zero attached hydrogens (tertiary/aromatic N) is 1. The lowest BCUT2D eigenvalue weighted by atomic mass is 10.2. The predicted octanol–water partition coefficient (Wildman–Crippen LogP) is 1.31. The molecule has 5 heteroatoms. The number of H-pyrrole nitrogens is 1. The molecule has 1 aromatic rings. The minimum absolute atomic E-state index is 0.0988. The predicted molar refractivity (Wildman–Crippen MR) is 66.3 cm³/mol.